The van der Waals surface area contributed by atoms with Crippen molar-refractivity contribution in [2.75, 3.05) is 39.8 Å². The average molecular weight is 357 g/mol. The smallest absolute Gasteiger partial charge is 0.222 e. The molecule has 0 aliphatic carbocycles. The number of ether oxygens (including phenoxy) is 1. The van der Waals surface area contributed by atoms with Crippen molar-refractivity contribution in [1.82, 2.24) is 9.80 Å². The first-order valence-electron chi connectivity index (χ1n) is 9.73. The van der Waals surface area contributed by atoms with E-state index in [1.807, 2.05) is 12.1 Å². The standard InChI is InChI=1S/C21H31N3O2/c1-26-19-8-5-17(6-9-19)4-2-13-23-15-11-20-18(16-23)7-10-21(25)24(20)14-3-12-22/h2,4-6,8-9,18,20H,3,7,10-16,22H2,1H3/b4-2+/t18-,20+/m0/s1. The van der Waals surface area contributed by atoms with Gasteiger partial charge in [-0.15, -0.1) is 0 Å². The molecule has 2 fully saturated rings. The summed E-state index contributed by atoms with van der Waals surface area (Å²) in [6, 6.07) is 8.54. The van der Waals surface area contributed by atoms with Crippen LogP contribution in [-0.2, 0) is 4.79 Å². The number of nitrogens with two attached hydrogens (primary N) is 1. The van der Waals surface area contributed by atoms with E-state index in [0.29, 0.717) is 30.8 Å². The van der Waals surface area contributed by atoms with Crippen molar-refractivity contribution >= 4 is 12.0 Å². The molecule has 2 heterocycles. The molecule has 2 aliphatic heterocycles. The monoisotopic (exact) mass is 357 g/mol. The Morgan fingerprint density at radius 1 is 1.27 bits per heavy atom. The van der Waals surface area contributed by atoms with Gasteiger partial charge in [0.2, 0.25) is 5.91 Å². The Hall–Kier alpha value is -1.85. The SMILES string of the molecule is COc1ccc(/C=C/CN2CC[C@@H]3[C@@H](CCC(=O)N3CCCN)C2)cc1. The second-order valence-corrected chi connectivity index (χ2v) is 7.32. The van der Waals surface area contributed by atoms with Crippen LogP contribution in [0.5, 0.6) is 5.75 Å². The number of amides is 1. The number of hydrogen-bond acceptors (Lipinski definition) is 4. The molecule has 0 saturated carbocycles. The van der Waals surface area contributed by atoms with Gasteiger partial charge in [0.05, 0.1) is 7.11 Å². The fourth-order valence-electron chi connectivity index (χ4n) is 4.20. The third-order valence-corrected chi connectivity index (χ3v) is 5.62. The first-order chi connectivity index (χ1) is 12.7. The minimum absolute atomic E-state index is 0.326. The number of fused-ring (bicyclic) bond motifs is 1. The second-order valence-electron chi connectivity index (χ2n) is 7.32. The van der Waals surface area contributed by atoms with Crippen LogP contribution in [0, 0.1) is 5.92 Å². The molecule has 1 aromatic rings. The summed E-state index contributed by atoms with van der Waals surface area (Å²) >= 11 is 0. The minimum atomic E-state index is 0.326. The van der Waals surface area contributed by atoms with Gasteiger partial charge < -0.3 is 15.4 Å². The summed E-state index contributed by atoms with van der Waals surface area (Å²) in [5.74, 6) is 1.82. The van der Waals surface area contributed by atoms with Crippen LogP contribution in [0.3, 0.4) is 0 Å². The lowest BCUT2D eigenvalue weighted by molar-refractivity contribution is -0.141. The molecule has 2 saturated heterocycles. The van der Waals surface area contributed by atoms with Gasteiger partial charge in [0.1, 0.15) is 5.75 Å². The number of nitrogens with zero attached hydrogens (tertiary/aromatic N) is 2. The van der Waals surface area contributed by atoms with Crippen molar-refractivity contribution in [3.8, 4) is 5.75 Å². The maximum absolute atomic E-state index is 12.3. The lowest BCUT2D eigenvalue weighted by atomic mass is 9.83. The molecule has 0 radical (unpaired) electrons. The maximum atomic E-state index is 12.3. The van der Waals surface area contributed by atoms with Gasteiger partial charge in [-0.05, 0) is 49.4 Å². The maximum Gasteiger partial charge on any atom is 0.222 e. The Labute approximate surface area is 156 Å². The largest absolute Gasteiger partial charge is 0.497 e. The van der Waals surface area contributed by atoms with E-state index in [9.17, 15) is 4.79 Å². The topological polar surface area (TPSA) is 58.8 Å². The van der Waals surface area contributed by atoms with E-state index in [4.69, 9.17) is 10.5 Å². The summed E-state index contributed by atoms with van der Waals surface area (Å²) in [7, 11) is 1.68. The van der Waals surface area contributed by atoms with E-state index < -0.39 is 0 Å². The van der Waals surface area contributed by atoms with Crippen molar-refractivity contribution in [3.63, 3.8) is 0 Å². The zero-order chi connectivity index (χ0) is 18.4. The highest BCUT2D eigenvalue weighted by molar-refractivity contribution is 5.77. The molecule has 3 rings (SSSR count). The highest BCUT2D eigenvalue weighted by Gasteiger charge is 2.38. The van der Waals surface area contributed by atoms with Gasteiger partial charge in [0.25, 0.3) is 0 Å². The Balaban J connectivity index is 1.51. The first kappa shape index (κ1) is 18.9. The summed E-state index contributed by atoms with van der Waals surface area (Å²) in [5.41, 5.74) is 6.83. The molecule has 5 nitrogen and oxygen atoms in total. The van der Waals surface area contributed by atoms with Gasteiger partial charge in [-0.25, -0.2) is 0 Å². The van der Waals surface area contributed by atoms with Crippen molar-refractivity contribution in [1.29, 1.82) is 0 Å². The van der Waals surface area contributed by atoms with E-state index in [-0.39, 0.29) is 0 Å². The van der Waals surface area contributed by atoms with Crippen molar-refractivity contribution in [2.45, 2.75) is 31.7 Å². The summed E-state index contributed by atoms with van der Waals surface area (Å²) in [5, 5.41) is 0. The number of hydrogen-bond donors (Lipinski definition) is 1. The third kappa shape index (κ3) is 4.65. The molecule has 2 N–H and O–H groups in total. The van der Waals surface area contributed by atoms with Gasteiger partial charge in [-0.2, -0.15) is 0 Å². The Kier molecular flexibility index (Phi) is 6.69. The van der Waals surface area contributed by atoms with Crippen molar-refractivity contribution in [3.05, 3.63) is 35.9 Å². The number of rotatable bonds is 7. The van der Waals surface area contributed by atoms with Gasteiger partial charge in [-0.1, -0.05) is 24.3 Å². The lowest BCUT2D eigenvalue weighted by Crippen LogP contribution is -2.56. The molecule has 26 heavy (non-hydrogen) atoms. The van der Waals surface area contributed by atoms with Crippen LogP contribution in [0.4, 0.5) is 0 Å². The quantitative estimate of drug-likeness (QED) is 0.814. The molecule has 2 aliphatic rings. The molecule has 5 heteroatoms. The second kappa shape index (κ2) is 9.19. The van der Waals surface area contributed by atoms with Gasteiger partial charge in [0, 0.05) is 38.6 Å². The number of piperidine rings is 2. The van der Waals surface area contributed by atoms with Crippen molar-refractivity contribution < 1.29 is 9.53 Å². The number of likely N-dealkylation sites (tertiary alicyclic amines) is 2. The zero-order valence-corrected chi connectivity index (χ0v) is 15.8. The van der Waals surface area contributed by atoms with Crippen LogP contribution in [0.25, 0.3) is 6.08 Å². The molecule has 0 bridgehead atoms. The fourth-order valence-corrected chi connectivity index (χ4v) is 4.20. The Bertz CT molecular complexity index is 614. The van der Waals surface area contributed by atoms with E-state index in [1.165, 1.54) is 5.56 Å². The molecule has 2 atom stereocenters. The Morgan fingerprint density at radius 3 is 2.81 bits per heavy atom. The van der Waals surface area contributed by atoms with Crippen LogP contribution in [0.2, 0.25) is 0 Å². The highest BCUT2D eigenvalue weighted by Crippen LogP contribution is 2.31. The average Bonchev–Trinajstić information content (AvgIpc) is 2.68. The molecule has 0 unspecified atom stereocenters. The van der Waals surface area contributed by atoms with Crippen LogP contribution in [0.15, 0.2) is 30.3 Å². The predicted octanol–water partition coefficient (Wildman–Crippen LogP) is 2.37. The molecule has 1 aromatic carbocycles. The number of methoxy groups -OCH3 is 1. The first-order valence-corrected chi connectivity index (χ1v) is 9.73. The molecule has 1 amide bonds. The van der Waals surface area contributed by atoms with E-state index >= 15 is 0 Å². The van der Waals surface area contributed by atoms with E-state index in [0.717, 1.165) is 51.2 Å². The number of carbonyl (C=O) groups excluding carboxylic acids is 1. The van der Waals surface area contributed by atoms with Crippen LogP contribution < -0.4 is 10.5 Å². The van der Waals surface area contributed by atoms with Crippen LogP contribution >= 0.6 is 0 Å². The third-order valence-electron chi connectivity index (χ3n) is 5.62. The van der Waals surface area contributed by atoms with Gasteiger partial charge in [-0.3, -0.25) is 9.69 Å². The van der Waals surface area contributed by atoms with Crippen molar-refractivity contribution in [2.24, 2.45) is 11.7 Å². The molecule has 0 spiro atoms. The fraction of sp³-hybridized carbons (Fsp3) is 0.571. The minimum Gasteiger partial charge on any atom is -0.497 e. The number of benzene rings is 1. The molecular weight excluding hydrogens is 326 g/mol. The Morgan fingerprint density at radius 2 is 2.08 bits per heavy atom. The van der Waals surface area contributed by atoms with Crippen LogP contribution in [0.1, 0.15) is 31.2 Å². The molecule has 0 aromatic heterocycles. The van der Waals surface area contributed by atoms with Crippen LogP contribution in [-0.4, -0.2) is 61.6 Å². The van der Waals surface area contributed by atoms with E-state index in [2.05, 4.69) is 34.1 Å². The summed E-state index contributed by atoms with van der Waals surface area (Å²) in [6.45, 7) is 4.59. The zero-order valence-electron chi connectivity index (χ0n) is 15.8. The lowest BCUT2D eigenvalue weighted by Gasteiger charge is -2.47. The summed E-state index contributed by atoms with van der Waals surface area (Å²) in [6.07, 6.45) is 8.12. The number of carbonyl (C=O) groups is 1. The molecular formula is C21H31N3O2. The van der Waals surface area contributed by atoms with Gasteiger partial charge in [0.15, 0.2) is 0 Å². The summed E-state index contributed by atoms with van der Waals surface area (Å²) < 4.78 is 5.19. The molecule has 142 valence electrons. The van der Waals surface area contributed by atoms with E-state index in [1.54, 1.807) is 7.11 Å². The van der Waals surface area contributed by atoms with Gasteiger partial charge >= 0.3 is 0 Å². The normalized spacial score (nSPS) is 24.1. The highest BCUT2D eigenvalue weighted by atomic mass is 16.5. The predicted molar refractivity (Wildman–Crippen MR) is 105 cm³/mol. The summed E-state index contributed by atoms with van der Waals surface area (Å²) in [4.78, 5) is 16.9.